The monoisotopic (exact) mass is 501 g/mol. The number of nitrogens with one attached hydrogen (secondary N) is 1. The highest BCUT2D eigenvalue weighted by Gasteiger charge is 2.44. The number of aliphatic imine (C=N–C) groups is 2. The molecule has 0 saturated carbocycles. The molecule has 33 heavy (non-hydrogen) atoms. The number of nitrogens with zero attached hydrogens (tertiary/aromatic N) is 3. The van der Waals surface area contributed by atoms with Crippen LogP contribution in [0.2, 0.25) is 5.02 Å². The summed E-state index contributed by atoms with van der Waals surface area (Å²) in [6.45, 7) is 1.54. The summed E-state index contributed by atoms with van der Waals surface area (Å²) < 4.78 is 68.0. The Bertz CT molecular complexity index is 1270. The van der Waals surface area contributed by atoms with Gasteiger partial charge in [-0.1, -0.05) is 23.7 Å². The number of hydrogen-bond acceptors (Lipinski definition) is 7. The lowest BCUT2D eigenvalue weighted by atomic mass is 9.98. The van der Waals surface area contributed by atoms with Gasteiger partial charge in [-0.15, -0.1) is 0 Å². The van der Waals surface area contributed by atoms with Gasteiger partial charge in [-0.05, 0) is 36.8 Å². The Morgan fingerprint density at radius 2 is 1.85 bits per heavy atom. The quantitative estimate of drug-likeness (QED) is 0.595. The fraction of sp³-hybridized carbons (Fsp3) is 0.300. The van der Waals surface area contributed by atoms with Gasteiger partial charge in [0.05, 0.1) is 21.1 Å². The number of hydrogen-bond donors (Lipinski definition) is 3. The van der Waals surface area contributed by atoms with Crippen LogP contribution in [0.15, 0.2) is 51.3 Å². The molecule has 2 heterocycles. The van der Waals surface area contributed by atoms with Gasteiger partial charge in [0, 0.05) is 24.3 Å². The second-order valence-electron chi connectivity index (χ2n) is 8.04. The average molecular weight is 502 g/mol. The van der Waals surface area contributed by atoms with Crippen LogP contribution < -0.4 is 11.1 Å². The van der Waals surface area contributed by atoms with E-state index in [0.29, 0.717) is 0 Å². The lowest BCUT2D eigenvalue weighted by Crippen LogP contribution is -2.61. The third-order valence-electron chi connectivity index (χ3n) is 5.11. The Labute approximate surface area is 192 Å². The molecule has 2 aliphatic heterocycles. The molecule has 176 valence electrons. The van der Waals surface area contributed by atoms with E-state index in [4.69, 9.17) is 17.3 Å². The fourth-order valence-electron chi connectivity index (χ4n) is 3.58. The first-order chi connectivity index (χ1) is 15.3. The summed E-state index contributed by atoms with van der Waals surface area (Å²) in [7, 11) is -3.87. The summed E-state index contributed by atoms with van der Waals surface area (Å²) >= 11 is 6.24. The number of sulfonamides is 1. The maximum absolute atomic E-state index is 13.9. The zero-order valence-electron chi connectivity index (χ0n) is 17.2. The fourth-order valence-corrected chi connectivity index (χ4v) is 5.58. The van der Waals surface area contributed by atoms with E-state index in [2.05, 4.69) is 15.3 Å². The first-order valence-corrected chi connectivity index (χ1v) is 11.5. The second kappa shape index (κ2) is 7.97. The van der Waals surface area contributed by atoms with Crippen molar-refractivity contribution < 1.29 is 26.7 Å². The maximum Gasteiger partial charge on any atom is 0.417 e. The number of guanidine groups is 1. The molecule has 2 aromatic rings. The van der Waals surface area contributed by atoms with Gasteiger partial charge >= 0.3 is 6.18 Å². The predicted molar refractivity (Wildman–Crippen MR) is 119 cm³/mol. The van der Waals surface area contributed by atoms with Crippen molar-refractivity contribution in [3.05, 3.63) is 47.0 Å². The molecule has 1 saturated heterocycles. The molecule has 2 aliphatic rings. The van der Waals surface area contributed by atoms with Crippen molar-refractivity contribution in [2.75, 3.05) is 25.0 Å². The van der Waals surface area contributed by atoms with Crippen molar-refractivity contribution in [1.82, 2.24) is 4.31 Å². The van der Waals surface area contributed by atoms with Crippen LogP contribution in [0.3, 0.4) is 0 Å². The molecular formula is C20H19ClF3N5O3S. The van der Waals surface area contributed by atoms with E-state index in [-0.39, 0.29) is 58.2 Å². The minimum Gasteiger partial charge on any atom is -0.387 e. The first kappa shape index (κ1) is 23.5. The summed E-state index contributed by atoms with van der Waals surface area (Å²) in [4.78, 5) is 7.75. The smallest absolute Gasteiger partial charge is 0.387 e. The summed E-state index contributed by atoms with van der Waals surface area (Å²) in [6, 6.07) is 7.13. The van der Waals surface area contributed by atoms with Crippen LogP contribution in [0.4, 0.5) is 18.9 Å². The zero-order valence-corrected chi connectivity index (χ0v) is 18.8. The van der Waals surface area contributed by atoms with Crippen molar-refractivity contribution in [3.8, 4) is 11.1 Å². The molecule has 0 aromatic heterocycles. The lowest BCUT2D eigenvalue weighted by molar-refractivity contribution is -0.137. The van der Waals surface area contributed by atoms with Gasteiger partial charge in [0.1, 0.15) is 12.4 Å². The second-order valence-corrected chi connectivity index (χ2v) is 10.4. The van der Waals surface area contributed by atoms with Crippen LogP contribution in [0.25, 0.3) is 11.1 Å². The van der Waals surface area contributed by atoms with E-state index in [1.165, 1.54) is 37.3 Å². The molecule has 0 atom stereocenters. The molecule has 13 heteroatoms. The minimum atomic E-state index is -4.75. The van der Waals surface area contributed by atoms with Crippen molar-refractivity contribution in [2.45, 2.75) is 23.6 Å². The van der Waals surface area contributed by atoms with Gasteiger partial charge in [-0.3, -0.25) is 0 Å². The van der Waals surface area contributed by atoms with Crippen molar-refractivity contribution in [2.24, 2.45) is 15.7 Å². The summed E-state index contributed by atoms with van der Waals surface area (Å²) in [5.41, 5.74) is 3.24. The average Bonchev–Trinajstić information content (AvgIpc) is 3.09. The van der Waals surface area contributed by atoms with E-state index < -0.39 is 27.4 Å². The Balaban J connectivity index is 1.68. The first-order valence-electron chi connectivity index (χ1n) is 9.64. The van der Waals surface area contributed by atoms with Gasteiger partial charge in [0.2, 0.25) is 16.0 Å². The number of nitrogens with two attached hydrogens (primary N) is 1. The van der Waals surface area contributed by atoms with E-state index in [1.807, 2.05) is 0 Å². The predicted octanol–water partition coefficient (Wildman–Crippen LogP) is 2.92. The van der Waals surface area contributed by atoms with Gasteiger partial charge < -0.3 is 16.2 Å². The molecule has 0 aliphatic carbocycles. The van der Waals surface area contributed by atoms with Gasteiger partial charge in [-0.2, -0.15) is 22.5 Å². The molecule has 8 nitrogen and oxygen atoms in total. The standard InChI is InChI=1S/C20H19ClF3N5O3S/c1-19(30)9-29(10-19)33(31,32)13-4-2-11(3-5-13)17-14(20(22,23)24)6-12(7-15(17)21)27-18-26-8-16(25)28-18/h2-7,30H,8-10H2,1H3,(H3,25,26,27,28). The Hall–Kier alpha value is -2.67. The number of amidine groups is 1. The Morgan fingerprint density at radius 1 is 1.21 bits per heavy atom. The van der Waals surface area contributed by atoms with Crippen molar-refractivity contribution in [3.63, 3.8) is 0 Å². The maximum atomic E-state index is 13.9. The number of halogens is 4. The number of alkyl halides is 3. The molecule has 1 fully saturated rings. The zero-order chi connectivity index (χ0) is 24.2. The van der Waals surface area contributed by atoms with E-state index in [0.717, 1.165) is 10.4 Å². The van der Waals surface area contributed by atoms with Crippen LogP contribution >= 0.6 is 11.6 Å². The molecule has 2 aromatic carbocycles. The van der Waals surface area contributed by atoms with Gasteiger partial charge in [0.25, 0.3) is 0 Å². The molecule has 0 amide bonds. The van der Waals surface area contributed by atoms with E-state index >= 15 is 0 Å². The van der Waals surface area contributed by atoms with Gasteiger partial charge in [-0.25, -0.2) is 13.4 Å². The van der Waals surface area contributed by atoms with Crippen molar-refractivity contribution >= 4 is 39.1 Å². The third kappa shape index (κ3) is 4.69. The van der Waals surface area contributed by atoms with Gasteiger partial charge in [0.15, 0.2) is 0 Å². The summed E-state index contributed by atoms with van der Waals surface area (Å²) in [5.74, 6) is 0.303. The number of aliphatic hydroxyl groups is 1. The highest BCUT2D eigenvalue weighted by molar-refractivity contribution is 7.89. The number of benzene rings is 2. The minimum absolute atomic E-state index is 0.0253. The SMILES string of the molecule is CC1(O)CN(S(=O)(=O)c2ccc(-c3c(Cl)cc(NC4=NCC(N)=N4)cc3C(F)(F)F)cc2)C1. The Morgan fingerprint density at radius 3 is 2.36 bits per heavy atom. The normalized spacial score (nSPS) is 18.5. The lowest BCUT2D eigenvalue weighted by Gasteiger charge is -2.42. The van der Waals surface area contributed by atoms with Crippen LogP contribution in [-0.2, 0) is 16.2 Å². The number of anilines is 1. The summed E-state index contributed by atoms with van der Waals surface area (Å²) in [6.07, 6.45) is -4.75. The van der Waals surface area contributed by atoms with Crippen LogP contribution in [0.5, 0.6) is 0 Å². The molecular weight excluding hydrogens is 483 g/mol. The molecule has 4 rings (SSSR count). The van der Waals surface area contributed by atoms with Crippen molar-refractivity contribution in [1.29, 1.82) is 0 Å². The summed E-state index contributed by atoms with van der Waals surface area (Å²) in [5, 5.41) is 12.3. The molecule has 0 radical (unpaired) electrons. The highest BCUT2D eigenvalue weighted by Crippen LogP contribution is 2.43. The highest BCUT2D eigenvalue weighted by atomic mass is 35.5. The van der Waals surface area contributed by atoms with Crippen LogP contribution in [0, 0.1) is 0 Å². The number of rotatable bonds is 4. The Kier molecular flexibility index (Phi) is 5.68. The topological polar surface area (TPSA) is 120 Å². The third-order valence-corrected chi connectivity index (χ3v) is 7.21. The molecule has 0 spiro atoms. The number of β-amino-alcohol motifs (C(OH)–C–C–N with tert-alkyl or cyclic N) is 1. The molecule has 4 N–H and O–H groups in total. The van der Waals surface area contributed by atoms with Crippen LogP contribution in [0.1, 0.15) is 12.5 Å². The van der Waals surface area contributed by atoms with E-state index in [1.54, 1.807) is 0 Å². The largest absolute Gasteiger partial charge is 0.417 e. The molecule has 0 bridgehead atoms. The molecule has 0 unspecified atom stereocenters. The van der Waals surface area contributed by atoms with E-state index in [9.17, 15) is 26.7 Å². The van der Waals surface area contributed by atoms with Crippen LogP contribution in [-0.4, -0.2) is 54.9 Å².